The molecule has 3 aromatic carbocycles. The van der Waals surface area contributed by atoms with Crippen LogP contribution in [0.15, 0.2) is 145 Å². The molecule has 0 radical (unpaired) electrons. The SMILES string of the molecule is CC1(C)C2=C(C3=CCC(C4=NC(C5=Cc6oc7cc(N8c9cc(C%10C=CCCC%10)ccc9C9C=CCCC98C)ccc7c6CC5)=NC(c5ccccc5)C4)CC31)C1C3C(=C2)C31. The van der Waals surface area contributed by atoms with Gasteiger partial charge in [-0.3, -0.25) is 4.99 Å². The van der Waals surface area contributed by atoms with Crippen molar-refractivity contribution in [2.45, 2.75) is 108 Å². The fourth-order valence-electron chi connectivity index (χ4n) is 14.1. The Morgan fingerprint density at radius 2 is 1.74 bits per heavy atom. The molecule has 2 fully saturated rings. The van der Waals surface area contributed by atoms with E-state index in [2.05, 4.69) is 135 Å². The van der Waals surface area contributed by atoms with Crippen molar-refractivity contribution in [3.63, 3.8) is 0 Å². The van der Waals surface area contributed by atoms with E-state index in [4.69, 9.17) is 14.4 Å². The molecule has 14 rings (SSSR count). The first kappa shape index (κ1) is 35.4. The predicted octanol–water partition coefficient (Wildman–Crippen LogP) is 14.0. The summed E-state index contributed by atoms with van der Waals surface area (Å²) in [4.78, 5) is 13.7. The molecule has 304 valence electrons. The number of aryl methyl sites for hydroxylation is 1. The zero-order valence-electron chi connectivity index (χ0n) is 35.8. The van der Waals surface area contributed by atoms with Crippen molar-refractivity contribution in [1.82, 2.24) is 0 Å². The molecule has 10 aliphatic rings. The summed E-state index contributed by atoms with van der Waals surface area (Å²) in [6.45, 7) is 7.53. The van der Waals surface area contributed by atoms with E-state index in [0.29, 0.717) is 23.7 Å². The Labute approximate surface area is 360 Å². The summed E-state index contributed by atoms with van der Waals surface area (Å²) < 4.78 is 6.93. The predicted molar refractivity (Wildman–Crippen MR) is 249 cm³/mol. The molecule has 1 aromatic heterocycles. The van der Waals surface area contributed by atoms with Gasteiger partial charge in [-0.15, -0.1) is 0 Å². The highest BCUT2D eigenvalue weighted by atomic mass is 16.3. The number of benzene rings is 3. The summed E-state index contributed by atoms with van der Waals surface area (Å²) in [5, 5.41) is 1.24. The number of aliphatic imine (C=N–C) groups is 2. The Hall–Kier alpha value is -5.22. The molecule has 8 aliphatic carbocycles. The van der Waals surface area contributed by atoms with E-state index in [1.165, 1.54) is 76.0 Å². The van der Waals surface area contributed by atoms with Crippen LogP contribution < -0.4 is 4.90 Å². The molecule has 8 atom stereocenters. The molecule has 4 aromatic rings. The fourth-order valence-corrected chi connectivity index (χ4v) is 14.1. The molecular weight excluding hydrogens is 743 g/mol. The minimum atomic E-state index is -0.0208. The molecule has 0 amide bonds. The number of allylic oxidation sites excluding steroid dienone is 9. The molecule has 61 heavy (non-hydrogen) atoms. The van der Waals surface area contributed by atoms with Crippen molar-refractivity contribution in [3.05, 3.63) is 159 Å². The molecule has 4 nitrogen and oxygen atoms in total. The highest BCUT2D eigenvalue weighted by Crippen LogP contribution is 2.81. The lowest BCUT2D eigenvalue weighted by Gasteiger charge is -2.42. The molecule has 2 saturated carbocycles. The Bertz CT molecular complexity index is 2860. The average molecular weight is 798 g/mol. The lowest BCUT2D eigenvalue weighted by molar-refractivity contribution is 0.285. The fraction of sp³-hybridized carbons (Fsp3) is 0.404. The topological polar surface area (TPSA) is 41.1 Å². The van der Waals surface area contributed by atoms with E-state index in [0.717, 1.165) is 73.5 Å². The van der Waals surface area contributed by atoms with Crippen molar-refractivity contribution in [2.75, 3.05) is 4.90 Å². The largest absolute Gasteiger partial charge is 0.456 e. The molecule has 0 N–H and O–H groups in total. The Morgan fingerprint density at radius 1 is 0.852 bits per heavy atom. The summed E-state index contributed by atoms with van der Waals surface area (Å²) in [5.74, 6) is 6.47. The van der Waals surface area contributed by atoms with E-state index in [9.17, 15) is 0 Å². The number of hydrogen-bond donors (Lipinski definition) is 0. The second-order valence-electron chi connectivity index (χ2n) is 21.1. The van der Waals surface area contributed by atoms with Gasteiger partial charge >= 0.3 is 0 Å². The van der Waals surface area contributed by atoms with Gasteiger partial charge in [0, 0.05) is 63.9 Å². The van der Waals surface area contributed by atoms with Gasteiger partial charge in [0.15, 0.2) is 5.84 Å². The lowest BCUT2D eigenvalue weighted by atomic mass is 9.68. The van der Waals surface area contributed by atoms with E-state index < -0.39 is 0 Å². The number of hydrogen-bond acceptors (Lipinski definition) is 4. The second kappa shape index (κ2) is 12.5. The first-order valence-corrected chi connectivity index (χ1v) is 23.7. The standard InChI is InChI=1S/C57H55N3O/c1-56(2)44-26-35(18-23-41(44)51-45(56)30-42-52-53(42)54(51)52)47-31-46(33-14-8-5-9-15-33)58-55(59-47)36-19-21-38-39-24-20-37(29-50(39)61-49(38)28-36)60-48-27-34(32-12-6-4-7-13-32)17-22-40(48)43-16-10-11-25-57(43,60)3/h5-6,8-10,12,14-17,20,22-24,27-30,32,35,43-44,46,52-54H,4,7,11,13,18-19,21,25-26,31H2,1-3H3. The number of anilines is 2. The van der Waals surface area contributed by atoms with E-state index in [1.807, 2.05) is 0 Å². The van der Waals surface area contributed by atoms with Crippen LogP contribution >= 0.6 is 0 Å². The third-order valence-corrected chi connectivity index (χ3v) is 17.5. The van der Waals surface area contributed by atoms with Crippen LogP contribution in [0.25, 0.3) is 17.0 Å². The molecule has 2 aliphatic heterocycles. The van der Waals surface area contributed by atoms with Crippen LogP contribution in [0, 0.1) is 35.0 Å². The number of amidine groups is 1. The van der Waals surface area contributed by atoms with Gasteiger partial charge in [-0.1, -0.05) is 98.3 Å². The zero-order chi connectivity index (χ0) is 40.4. The van der Waals surface area contributed by atoms with Gasteiger partial charge in [0.25, 0.3) is 0 Å². The summed E-state index contributed by atoms with van der Waals surface area (Å²) in [7, 11) is 0. The number of rotatable bonds is 5. The van der Waals surface area contributed by atoms with Gasteiger partial charge in [-0.25, -0.2) is 4.99 Å². The van der Waals surface area contributed by atoms with E-state index in [-0.39, 0.29) is 17.0 Å². The minimum absolute atomic E-state index is 0.0208. The normalized spacial score (nSPS) is 34.3. The highest BCUT2D eigenvalue weighted by molar-refractivity contribution is 6.12. The molecule has 8 unspecified atom stereocenters. The summed E-state index contributed by atoms with van der Waals surface area (Å²) >= 11 is 0. The van der Waals surface area contributed by atoms with E-state index in [1.54, 1.807) is 22.3 Å². The monoisotopic (exact) mass is 797 g/mol. The van der Waals surface area contributed by atoms with Crippen LogP contribution in [0.1, 0.15) is 124 Å². The van der Waals surface area contributed by atoms with Crippen LogP contribution in [-0.2, 0) is 6.42 Å². The molecule has 4 heteroatoms. The maximum Gasteiger partial charge on any atom is 0.151 e. The molecule has 3 heterocycles. The number of furan rings is 1. The summed E-state index contributed by atoms with van der Waals surface area (Å²) in [6.07, 6.45) is 28.3. The van der Waals surface area contributed by atoms with Crippen molar-refractivity contribution in [2.24, 2.45) is 45.0 Å². The van der Waals surface area contributed by atoms with Crippen LogP contribution in [0.3, 0.4) is 0 Å². The van der Waals surface area contributed by atoms with Crippen molar-refractivity contribution >= 4 is 40.0 Å². The summed E-state index contributed by atoms with van der Waals surface area (Å²) in [6, 6.07) is 25.5. The van der Waals surface area contributed by atoms with Gasteiger partial charge in [0.1, 0.15) is 11.3 Å². The molecule has 0 spiro atoms. The quantitative estimate of drug-likeness (QED) is 0.189. The Balaban J connectivity index is 0.808. The third-order valence-electron chi connectivity index (χ3n) is 17.5. The molecular formula is C57H55N3O. The van der Waals surface area contributed by atoms with Crippen LogP contribution in [0.5, 0.6) is 0 Å². The van der Waals surface area contributed by atoms with Gasteiger partial charge in [-0.2, -0.15) is 0 Å². The van der Waals surface area contributed by atoms with Crippen molar-refractivity contribution in [1.29, 1.82) is 0 Å². The van der Waals surface area contributed by atoms with Crippen LogP contribution in [0.2, 0.25) is 0 Å². The summed E-state index contributed by atoms with van der Waals surface area (Å²) in [5.41, 5.74) is 18.7. The Morgan fingerprint density at radius 3 is 2.61 bits per heavy atom. The van der Waals surface area contributed by atoms with Crippen LogP contribution in [-0.4, -0.2) is 17.1 Å². The maximum absolute atomic E-state index is 6.93. The first-order valence-electron chi connectivity index (χ1n) is 23.7. The highest BCUT2D eigenvalue weighted by Gasteiger charge is 2.74. The van der Waals surface area contributed by atoms with Gasteiger partial charge in [-0.05, 0) is 151 Å². The molecule has 0 saturated heterocycles. The van der Waals surface area contributed by atoms with Gasteiger partial charge in [0.05, 0.1) is 11.6 Å². The first-order chi connectivity index (χ1) is 29.8. The lowest BCUT2D eigenvalue weighted by Crippen LogP contribution is -2.44. The second-order valence-corrected chi connectivity index (χ2v) is 21.1. The van der Waals surface area contributed by atoms with Gasteiger partial charge in [0.2, 0.25) is 0 Å². The van der Waals surface area contributed by atoms with Gasteiger partial charge < -0.3 is 9.32 Å². The van der Waals surface area contributed by atoms with E-state index >= 15 is 0 Å². The molecule has 0 bridgehead atoms. The number of fused-ring (bicyclic) bond motifs is 11. The minimum Gasteiger partial charge on any atom is -0.456 e. The Kier molecular flexibility index (Phi) is 7.23. The van der Waals surface area contributed by atoms with Crippen molar-refractivity contribution < 1.29 is 4.42 Å². The zero-order valence-corrected chi connectivity index (χ0v) is 35.8. The smallest absolute Gasteiger partial charge is 0.151 e. The maximum atomic E-state index is 6.93. The van der Waals surface area contributed by atoms with Crippen molar-refractivity contribution in [3.8, 4) is 0 Å². The van der Waals surface area contributed by atoms with Crippen LogP contribution in [0.4, 0.5) is 11.4 Å². The average Bonchev–Trinajstić information content (AvgIpc) is 4.14. The third kappa shape index (κ3) is 5.00. The number of nitrogens with zero attached hydrogens (tertiary/aromatic N) is 3.